The third kappa shape index (κ3) is 2.83. The van der Waals surface area contributed by atoms with Gasteiger partial charge >= 0.3 is 0 Å². The van der Waals surface area contributed by atoms with E-state index in [4.69, 9.17) is 4.52 Å². The number of aryl methyl sites for hydroxylation is 1. The van der Waals surface area contributed by atoms with E-state index < -0.39 is 0 Å². The first-order valence-corrected chi connectivity index (χ1v) is 7.70. The first-order valence-electron chi connectivity index (χ1n) is 6.82. The number of nitrogens with zero attached hydrogens (tertiary/aromatic N) is 1. The van der Waals surface area contributed by atoms with Crippen LogP contribution in [0.5, 0.6) is 0 Å². The Labute approximate surface area is 126 Å². The van der Waals surface area contributed by atoms with Gasteiger partial charge in [0, 0.05) is 10.7 Å². The number of fused-ring (bicyclic) bond motifs is 1. The molecule has 1 atom stereocenters. The zero-order chi connectivity index (χ0) is 14.8. The van der Waals surface area contributed by atoms with Gasteiger partial charge < -0.3 is 9.84 Å². The molecule has 2 heterocycles. The summed E-state index contributed by atoms with van der Waals surface area (Å²) in [6.45, 7) is 3.74. The Morgan fingerprint density at radius 3 is 3.00 bits per heavy atom. The van der Waals surface area contributed by atoms with Crippen LogP contribution in [0.25, 0.3) is 10.1 Å². The second-order valence-corrected chi connectivity index (χ2v) is 6.04. The lowest BCUT2D eigenvalue weighted by atomic mass is 10.1. The molecule has 0 radical (unpaired) electrons. The topological polar surface area (TPSA) is 55.1 Å². The summed E-state index contributed by atoms with van der Waals surface area (Å²) >= 11 is 1.74. The average molecular weight is 300 g/mol. The fraction of sp³-hybridized carbons (Fsp3) is 0.250. The zero-order valence-corrected chi connectivity index (χ0v) is 12.7. The highest BCUT2D eigenvalue weighted by Crippen LogP contribution is 2.26. The molecule has 0 saturated carbocycles. The van der Waals surface area contributed by atoms with Gasteiger partial charge in [0.1, 0.15) is 11.3 Å². The van der Waals surface area contributed by atoms with Gasteiger partial charge in [-0.2, -0.15) is 0 Å². The van der Waals surface area contributed by atoms with Gasteiger partial charge in [0.25, 0.3) is 5.91 Å². The minimum atomic E-state index is -0.138. The lowest BCUT2D eigenvalue weighted by Crippen LogP contribution is -2.34. The van der Waals surface area contributed by atoms with Crippen molar-refractivity contribution in [3.63, 3.8) is 0 Å². The van der Waals surface area contributed by atoms with Gasteiger partial charge in [-0.1, -0.05) is 23.4 Å². The van der Waals surface area contributed by atoms with E-state index in [1.165, 1.54) is 21.8 Å². The smallest absolute Gasteiger partial charge is 0.256 e. The maximum atomic E-state index is 12.1. The first kappa shape index (κ1) is 13.8. The molecule has 3 rings (SSSR count). The van der Waals surface area contributed by atoms with Crippen LogP contribution >= 0.6 is 11.3 Å². The van der Waals surface area contributed by atoms with Gasteiger partial charge in [0.05, 0.1) is 6.20 Å². The fourth-order valence-electron chi connectivity index (χ4n) is 2.39. The lowest BCUT2D eigenvalue weighted by Gasteiger charge is -2.13. The van der Waals surface area contributed by atoms with E-state index >= 15 is 0 Å². The molecule has 21 heavy (non-hydrogen) atoms. The number of nitrogens with one attached hydrogen (secondary N) is 1. The minimum absolute atomic E-state index is 0.0461. The molecule has 0 spiro atoms. The van der Waals surface area contributed by atoms with Crippen LogP contribution in [0.2, 0.25) is 0 Å². The van der Waals surface area contributed by atoms with Crippen LogP contribution in [-0.2, 0) is 6.42 Å². The van der Waals surface area contributed by atoms with Crippen molar-refractivity contribution in [1.29, 1.82) is 0 Å². The summed E-state index contributed by atoms with van der Waals surface area (Å²) < 4.78 is 6.20. The van der Waals surface area contributed by atoms with E-state index in [1.54, 1.807) is 18.3 Å². The molecule has 0 bridgehead atoms. The SMILES string of the molecule is Cc1oncc1C(=O)N[C@H](C)Cc1csc2ccccc12. The molecule has 3 aromatic rings. The van der Waals surface area contributed by atoms with Crippen LogP contribution in [0.3, 0.4) is 0 Å². The molecule has 108 valence electrons. The normalized spacial score (nSPS) is 12.5. The van der Waals surface area contributed by atoms with Gasteiger partial charge in [0.15, 0.2) is 0 Å². The zero-order valence-electron chi connectivity index (χ0n) is 11.9. The van der Waals surface area contributed by atoms with Crippen molar-refractivity contribution in [1.82, 2.24) is 10.5 Å². The van der Waals surface area contributed by atoms with Crippen LogP contribution in [-0.4, -0.2) is 17.1 Å². The number of carbonyl (C=O) groups is 1. The molecule has 2 aromatic heterocycles. The maximum Gasteiger partial charge on any atom is 0.256 e. The summed E-state index contributed by atoms with van der Waals surface area (Å²) in [5.41, 5.74) is 1.77. The van der Waals surface area contributed by atoms with Gasteiger partial charge in [-0.3, -0.25) is 4.79 Å². The molecule has 0 aliphatic heterocycles. The summed E-state index contributed by atoms with van der Waals surface area (Å²) in [7, 11) is 0. The largest absolute Gasteiger partial charge is 0.361 e. The Morgan fingerprint density at radius 2 is 2.24 bits per heavy atom. The van der Waals surface area contributed by atoms with Crippen LogP contribution < -0.4 is 5.32 Å². The molecule has 1 aromatic carbocycles. The number of thiophene rings is 1. The lowest BCUT2D eigenvalue weighted by molar-refractivity contribution is 0.0938. The monoisotopic (exact) mass is 300 g/mol. The van der Waals surface area contributed by atoms with E-state index in [-0.39, 0.29) is 11.9 Å². The Bertz CT molecular complexity index is 775. The van der Waals surface area contributed by atoms with Crippen LogP contribution in [0.1, 0.15) is 28.6 Å². The molecule has 5 heteroatoms. The fourth-order valence-corrected chi connectivity index (χ4v) is 3.37. The molecule has 1 N–H and O–H groups in total. The number of hydrogen-bond acceptors (Lipinski definition) is 4. The standard InChI is InChI=1S/C16H16N2O2S/c1-10(18-16(19)14-8-17-20-11(14)2)7-12-9-21-15-6-4-3-5-13(12)15/h3-6,8-10H,7H2,1-2H3,(H,18,19)/t10-/m1/s1. The predicted octanol–water partition coefficient (Wildman–Crippen LogP) is 3.56. The van der Waals surface area contributed by atoms with Crippen molar-refractivity contribution >= 4 is 27.3 Å². The molecule has 0 unspecified atom stereocenters. The molecule has 4 nitrogen and oxygen atoms in total. The summed E-state index contributed by atoms with van der Waals surface area (Å²) in [6.07, 6.45) is 2.26. The number of rotatable bonds is 4. The number of carbonyl (C=O) groups excluding carboxylic acids is 1. The second kappa shape index (κ2) is 5.69. The van der Waals surface area contributed by atoms with Gasteiger partial charge in [0.2, 0.25) is 0 Å². The van der Waals surface area contributed by atoms with E-state index in [1.807, 2.05) is 19.1 Å². The third-order valence-corrected chi connectivity index (χ3v) is 4.47. The third-order valence-electron chi connectivity index (χ3n) is 3.46. The summed E-state index contributed by atoms with van der Waals surface area (Å²) in [5, 5.41) is 10.1. The Balaban J connectivity index is 1.71. The predicted molar refractivity (Wildman–Crippen MR) is 83.7 cm³/mol. The van der Waals surface area contributed by atoms with Crippen molar-refractivity contribution < 1.29 is 9.32 Å². The molecule has 0 saturated heterocycles. The van der Waals surface area contributed by atoms with Gasteiger partial charge in [-0.15, -0.1) is 11.3 Å². The number of benzene rings is 1. The molecule has 0 aliphatic rings. The summed E-state index contributed by atoms with van der Waals surface area (Å²) in [5.74, 6) is 0.404. The summed E-state index contributed by atoms with van der Waals surface area (Å²) in [6, 6.07) is 8.38. The second-order valence-electron chi connectivity index (χ2n) is 5.13. The van der Waals surface area contributed by atoms with E-state index in [2.05, 4.69) is 28.0 Å². The van der Waals surface area contributed by atoms with Crippen molar-refractivity contribution in [2.24, 2.45) is 0 Å². The van der Waals surface area contributed by atoms with Gasteiger partial charge in [-0.25, -0.2) is 0 Å². The number of amides is 1. The van der Waals surface area contributed by atoms with Crippen LogP contribution in [0.15, 0.2) is 40.4 Å². The van der Waals surface area contributed by atoms with Crippen LogP contribution in [0.4, 0.5) is 0 Å². The van der Waals surface area contributed by atoms with Gasteiger partial charge in [-0.05, 0) is 42.7 Å². The van der Waals surface area contributed by atoms with Crippen molar-refractivity contribution in [3.8, 4) is 0 Å². The average Bonchev–Trinajstić information content (AvgIpc) is 3.06. The Morgan fingerprint density at radius 1 is 1.43 bits per heavy atom. The first-order chi connectivity index (χ1) is 10.1. The quantitative estimate of drug-likeness (QED) is 0.801. The van der Waals surface area contributed by atoms with E-state index in [9.17, 15) is 4.79 Å². The van der Waals surface area contributed by atoms with Crippen molar-refractivity contribution in [2.75, 3.05) is 0 Å². The molecular weight excluding hydrogens is 284 g/mol. The Kier molecular flexibility index (Phi) is 3.75. The highest BCUT2D eigenvalue weighted by molar-refractivity contribution is 7.17. The molecule has 0 aliphatic carbocycles. The minimum Gasteiger partial charge on any atom is -0.361 e. The number of hydrogen-bond donors (Lipinski definition) is 1. The molecule has 1 amide bonds. The van der Waals surface area contributed by atoms with E-state index in [0.29, 0.717) is 11.3 Å². The van der Waals surface area contributed by atoms with E-state index in [0.717, 1.165) is 6.42 Å². The maximum absolute atomic E-state index is 12.1. The van der Waals surface area contributed by atoms with Crippen molar-refractivity contribution in [2.45, 2.75) is 26.3 Å². The van der Waals surface area contributed by atoms with Crippen molar-refractivity contribution in [3.05, 3.63) is 52.7 Å². The number of aromatic nitrogens is 1. The highest BCUT2D eigenvalue weighted by atomic mass is 32.1. The highest BCUT2D eigenvalue weighted by Gasteiger charge is 2.16. The summed E-state index contributed by atoms with van der Waals surface area (Å²) in [4.78, 5) is 12.1. The van der Waals surface area contributed by atoms with Crippen LogP contribution in [0, 0.1) is 6.92 Å². The Hall–Kier alpha value is -2.14. The molecular formula is C16H16N2O2S. The molecule has 0 fully saturated rings.